The van der Waals surface area contributed by atoms with Crippen LogP contribution in [0.4, 0.5) is 0 Å². The predicted octanol–water partition coefficient (Wildman–Crippen LogP) is 3.00. The Morgan fingerprint density at radius 3 is 2.83 bits per heavy atom. The molecule has 8 heteroatoms. The van der Waals surface area contributed by atoms with Gasteiger partial charge in [0.05, 0.1) is 13.2 Å². The Morgan fingerprint density at radius 2 is 2.17 bits per heavy atom. The molecule has 1 aliphatic rings. The molecule has 2 atom stereocenters. The van der Waals surface area contributed by atoms with Crippen LogP contribution in [0.1, 0.15) is 44.2 Å². The lowest BCUT2D eigenvalue weighted by atomic mass is 10.1. The number of nitrogens with one attached hydrogen (secondary N) is 3. The van der Waals surface area contributed by atoms with Gasteiger partial charge in [-0.3, -0.25) is 9.79 Å². The van der Waals surface area contributed by atoms with E-state index in [2.05, 4.69) is 53.0 Å². The van der Waals surface area contributed by atoms with Crippen LogP contribution in [-0.4, -0.2) is 51.3 Å². The van der Waals surface area contributed by atoms with Crippen molar-refractivity contribution in [3.05, 3.63) is 29.3 Å². The molecule has 0 aromatic heterocycles. The Hall–Kier alpha value is -1.55. The topological polar surface area (TPSA) is 84.0 Å². The Labute approximate surface area is 197 Å². The lowest BCUT2D eigenvalue weighted by molar-refractivity contribution is -0.121. The first-order valence-corrected chi connectivity index (χ1v) is 10.6. The third-order valence-electron chi connectivity index (χ3n) is 5.06. The summed E-state index contributed by atoms with van der Waals surface area (Å²) in [7, 11) is 1.72. The molecular formula is C22H37IN4O3. The largest absolute Gasteiger partial charge is 0.493 e. The van der Waals surface area contributed by atoms with E-state index in [4.69, 9.17) is 9.47 Å². The maximum absolute atomic E-state index is 11.9. The van der Waals surface area contributed by atoms with E-state index in [1.165, 1.54) is 5.56 Å². The third kappa shape index (κ3) is 9.51. The van der Waals surface area contributed by atoms with Crippen LogP contribution in [0, 0.1) is 12.8 Å². The van der Waals surface area contributed by atoms with E-state index in [1.54, 1.807) is 7.05 Å². The van der Waals surface area contributed by atoms with Gasteiger partial charge in [0, 0.05) is 50.7 Å². The highest BCUT2D eigenvalue weighted by molar-refractivity contribution is 14.0. The molecule has 0 radical (unpaired) electrons. The highest BCUT2D eigenvalue weighted by Crippen LogP contribution is 2.22. The minimum absolute atomic E-state index is 0. The average Bonchev–Trinajstić information content (AvgIpc) is 3.23. The highest BCUT2D eigenvalue weighted by atomic mass is 127. The Bertz CT molecular complexity index is 678. The van der Waals surface area contributed by atoms with Crippen LogP contribution < -0.4 is 20.7 Å². The minimum Gasteiger partial charge on any atom is -0.493 e. The second kappa shape index (κ2) is 14.5. The van der Waals surface area contributed by atoms with E-state index in [-0.39, 0.29) is 35.9 Å². The second-order valence-electron chi connectivity index (χ2n) is 7.63. The minimum atomic E-state index is 0. The molecule has 7 nitrogen and oxygen atoms in total. The number of rotatable bonds is 10. The van der Waals surface area contributed by atoms with Crippen molar-refractivity contribution in [1.29, 1.82) is 0 Å². The number of guanidine groups is 1. The molecule has 0 saturated carbocycles. The zero-order valence-electron chi connectivity index (χ0n) is 18.6. The summed E-state index contributed by atoms with van der Waals surface area (Å²) < 4.78 is 11.5. The molecule has 1 fully saturated rings. The zero-order valence-corrected chi connectivity index (χ0v) is 21.0. The average molecular weight is 532 g/mol. The van der Waals surface area contributed by atoms with Gasteiger partial charge in [0.2, 0.25) is 5.91 Å². The van der Waals surface area contributed by atoms with Gasteiger partial charge in [-0.25, -0.2) is 0 Å². The Morgan fingerprint density at radius 1 is 1.37 bits per heavy atom. The number of carbonyl (C=O) groups excluding carboxylic acids is 1. The van der Waals surface area contributed by atoms with E-state index < -0.39 is 0 Å². The highest BCUT2D eigenvalue weighted by Gasteiger charge is 2.17. The van der Waals surface area contributed by atoms with Crippen LogP contribution in [0.3, 0.4) is 0 Å². The number of halogens is 1. The molecular weight excluding hydrogens is 495 g/mol. The molecule has 1 aliphatic heterocycles. The SMILES string of the molecule is CCC(C)NC(=O)CCNC(=NC)NCc1ccc(C)cc1OCC1CCOC1.I. The van der Waals surface area contributed by atoms with Crippen molar-refractivity contribution < 1.29 is 14.3 Å². The number of aryl methyl sites for hydroxylation is 1. The molecule has 3 N–H and O–H groups in total. The number of nitrogens with zero attached hydrogens (tertiary/aromatic N) is 1. The smallest absolute Gasteiger partial charge is 0.221 e. The van der Waals surface area contributed by atoms with Gasteiger partial charge in [0.15, 0.2) is 5.96 Å². The molecule has 1 aromatic rings. The molecule has 0 spiro atoms. The fraction of sp³-hybridized carbons (Fsp3) is 0.636. The number of hydrogen-bond acceptors (Lipinski definition) is 4. The van der Waals surface area contributed by atoms with Crippen molar-refractivity contribution in [2.75, 3.05) is 33.4 Å². The van der Waals surface area contributed by atoms with Gasteiger partial charge in [-0.2, -0.15) is 0 Å². The first-order chi connectivity index (χ1) is 14.0. The quantitative estimate of drug-likeness (QED) is 0.245. The van der Waals surface area contributed by atoms with Crippen molar-refractivity contribution in [3.8, 4) is 5.75 Å². The van der Waals surface area contributed by atoms with Gasteiger partial charge in [-0.05, 0) is 38.3 Å². The lowest BCUT2D eigenvalue weighted by Gasteiger charge is -2.17. The van der Waals surface area contributed by atoms with Crippen LogP contribution in [0.5, 0.6) is 5.75 Å². The first kappa shape index (κ1) is 26.5. The van der Waals surface area contributed by atoms with Crippen LogP contribution in [0.25, 0.3) is 0 Å². The van der Waals surface area contributed by atoms with Gasteiger partial charge in [0.1, 0.15) is 5.75 Å². The van der Waals surface area contributed by atoms with Crippen LogP contribution in [0.15, 0.2) is 23.2 Å². The summed E-state index contributed by atoms with van der Waals surface area (Å²) in [6.07, 6.45) is 2.39. The number of hydrogen-bond donors (Lipinski definition) is 3. The van der Waals surface area contributed by atoms with Gasteiger partial charge in [0.25, 0.3) is 0 Å². The van der Waals surface area contributed by atoms with Crippen molar-refractivity contribution in [3.63, 3.8) is 0 Å². The van der Waals surface area contributed by atoms with Crippen molar-refractivity contribution in [1.82, 2.24) is 16.0 Å². The summed E-state index contributed by atoms with van der Waals surface area (Å²) in [5.74, 6) is 2.07. The Balaban J connectivity index is 0.00000450. The number of carbonyl (C=O) groups is 1. The van der Waals surface area contributed by atoms with E-state index in [1.807, 2.05) is 6.92 Å². The van der Waals surface area contributed by atoms with Gasteiger partial charge < -0.3 is 25.4 Å². The van der Waals surface area contributed by atoms with E-state index >= 15 is 0 Å². The number of ether oxygens (including phenoxy) is 2. The molecule has 1 heterocycles. The summed E-state index contributed by atoms with van der Waals surface area (Å²) >= 11 is 0. The molecule has 1 amide bonds. The fourth-order valence-electron chi connectivity index (χ4n) is 3.01. The van der Waals surface area contributed by atoms with Crippen LogP contribution in [0.2, 0.25) is 0 Å². The van der Waals surface area contributed by atoms with Crippen molar-refractivity contribution in [2.45, 2.75) is 52.6 Å². The molecule has 1 saturated heterocycles. The first-order valence-electron chi connectivity index (χ1n) is 10.6. The standard InChI is InChI=1S/C22H36N4O3.HI/c1-5-17(3)26-21(27)8-10-24-22(23-4)25-13-19-7-6-16(2)12-20(19)29-15-18-9-11-28-14-18;/h6-7,12,17-18H,5,8-11,13-15H2,1-4H3,(H,26,27)(H2,23,24,25);1H. The summed E-state index contributed by atoms with van der Waals surface area (Å²) in [6, 6.07) is 6.44. The maximum atomic E-state index is 11.9. The summed E-state index contributed by atoms with van der Waals surface area (Å²) in [5.41, 5.74) is 2.24. The van der Waals surface area contributed by atoms with Crippen molar-refractivity contribution in [2.24, 2.45) is 10.9 Å². The molecule has 2 unspecified atom stereocenters. The normalized spacial score (nSPS) is 17.1. The van der Waals surface area contributed by atoms with Crippen molar-refractivity contribution >= 4 is 35.8 Å². The van der Waals surface area contributed by atoms with E-state index in [0.717, 1.165) is 37.4 Å². The van der Waals surface area contributed by atoms with Gasteiger partial charge >= 0.3 is 0 Å². The molecule has 2 rings (SSSR count). The molecule has 30 heavy (non-hydrogen) atoms. The third-order valence-corrected chi connectivity index (χ3v) is 5.06. The van der Waals surface area contributed by atoms with Gasteiger partial charge in [-0.15, -0.1) is 24.0 Å². The number of benzene rings is 1. The summed E-state index contributed by atoms with van der Waals surface area (Å²) in [5, 5.41) is 9.46. The molecule has 1 aromatic carbocycles. The lowest BCUT2D eigenvalue weighted by Crippen LogP contribution is -2.40. The number of aliphatic imine (C=N–C) groups is 1. The van der Waals surface area contributed by atoms with Gasteiger partial charge in [-0.1, -0.05) is 19.1 Å². The number of amides is 1. The monoisotopic (exact) mass is 532 g/mol. The summed E-state index contributed by atoms with van der Waals surface area (Å²) in [4.78, 5) is 16.1. The van der Waals surface area contributed by atoms with Crippen LogP contribution in [-0.2, 0) is 16.1 Å². The van der Waals surface area contributed by atoms with Crippen LogP contribution >= 0.6 is 24.0 Å². The van der Waals surface area contributed by atoms with E-state index in [0.29, 0.717) is 38.0 Å². The maximum Gasteiger partial charge on any atom is 0.221 e. The summed E-state index contributed by atoms with van der Waals surface area (Å²) in [6.45, 7) is 9.53. The second-order valence-corrected chi connectivity index (χ2v) is 7.63. The molecule has 0 aliphatic carbocycles. The molecule has 170 valence electrons. The zero-order chi connectivity index (χ0) is 21.1. The predicted molar refractivity (Wildman–Crippen MR) is 132 cm³/mol. The fourth-order valence-corrected chi connectivity index (χ4v) is 3.01. The molecule has 0 bridgehead atoms. The Kier molecular flexibility index (Phi) is 12.8. The van der Waals surface area contributed by atoms with E-state index in [9.17, 15) is 4.79 Å².